The van der Waals surface area contributed by atoms with Crippen LogP contribution < -0.4 is 10.6 Å². The maximum Gasteiger partial charge on any atom is 0.412 e. The summed E-state index contributed by atoms with van der Waals surface area (Å²) in [4.78, 5) is 11.8. The van der Waals surface area contributed by atoms with E-state index in [-0.39, 0.29) is 0 Å². The molecule has 4 nitrogen and oxygen atoms in total. The minimum absolute atomic E-state index is 0.393. The van der Waals surface area contributed by atoms with Gasteiger partial charge in [0.1, 0.15) is 5.60 Å². The van der Waals surface area contributed by atoms with E-state index in [9.17, 15) is 4.79 Å². The van der Waals surface area contributed by atoms with Gasteiger partial charge in [-0.15, -0.1) is 0 Å². The summed E-state index contributed by atoms with van der Waals surface area (Å²) in [6.07, 6.45) is 3.23. The molecule has 0 aromatic heterocycles. The van der Waals surface area contributed by atoms with Crippen molar-refractivity contribution in [2.45, 2.75) is 51.7 Å². The molecule has 20 heavy (non-hydrogen) atoms. The highest BCUT2D eigenvalue weighted by Gasteiger charge is 2.17. The van der Waals surface area contributed by atoms with Gasteiger partial charge in [0.15, 0.2) is 0 Å². The molecule has 2 rings (SSSR count). The number of piperidine rings is 1. The van der Waals surface area contributed by atoms with Crippen LogP contribution in [0.1, 0.15) is 51.6 Å². The van der Waals surface area contributed by atoms with Crippen LogP contribution in [0.2, 0.25) is 0 Å². The maximum atomic E-state index is 11.8. The first-order valence-electron chi connectivity index (χ1n) is 7.27. The van der Waals surface area contributed by atoms with Gasteiger partial charge in [0.2, 0.25) is 0 Å². The smallest absolute Gasteiger partial charge is 0.412 e. The normalized spacial score (nSPS) is 19.4. The number of carbonyl (C=O) groups is 1. The third kappa shape index (κ3) is 4.53. The summed E-state index contributed by atoms with van der Waals surface area (Å²) in [5, 5.41) is 6.30. The van der Waals surface area contributed by atoms with Crippen molar-refractivity contribution in [3.63, 3.8) is 0 Å². The molecule has 0 spiro atoms. The lowest BCUT2D eigenvalue weighted by Gasteiger charge is -2.24. The lowest BCUT2D eigenvalue weighted by Crippen LogP contribution is -2.28. The predicted octanol–water partition coefficient (Wildman–Crippen LogP) is 3.85. The van der Waals surface area contributed by atoms with Crippen molar-refractivity contribution < 1.29 is 9.53 Å². The Morgan fingerprint density at radius 3 is 2.80 bits per heavy atom. The number of nitrogens with one attached hydrogen (secondary N) is 2. The van der Waals surface area contributed by atoms with Crippen LogP contribution in [-0.4, -0.2) is 18.2 Å². The van der Waals surface area contributed by atoms with Gasteiger partial charge in [0.25, 0.3) is 0 Å². The van der Waals surface area contributed by atoms with Crippen molar-refractivity contribution in [3.8, 4) is 0 Å². The van der Waals surface area contributed by atoms with Gasteiger partial charge in [-0.1, -0.05) is 18.6 Å². The van der Waals surface area contributed by atoms with Gasteiger partial charge in [-0.05, 0) is 57.9 Å². The van der Waals surface area contributed by atoms with Gasteiger partial charge in [0.05, 0.1) is 0 Å². The second-order valence-corrected chi connectivity index (χ2v) is 6.25. The van der Waals surface area contributed by atoms with Crippen molar-refractivity contribution >= 4 is 11.8 Å². The minimum Gasteiger partial charge on any atom is -0.444 e. The van der Waals surface area contributed by atoms with E-state index in [1.807, 2.05) is 39.0 Å². The quantitative estimate of drug-likeness (QED) is 0.862. The lowest BCUT2D eigenvalue weighted by atomic mass is 9.97. The Morgan fingerprint density at radius 1 is 1.35 bits per heavy atom. The largest absolute Gasteiger partial charge is 0.444 e. The van der Waals surface area contributed by atoms with Gasteiger partial charge >= 0.3 is 6.09 Å². The van der Waals surface area contributed by atoms with Crippen LogP contribution >= 0.6 is 0 Å². The summed E-state index contributed by atoms with van der Waals surface area (Å²) in [5.74, 6) is 0. The van der Waals surface area contributed by atoms with E-state index < -0.39 is 11.7 Å². The SMILES string of the molecule is CC(C)(C)OC(=O)Nc1cccc([C@H]2CCCCN2)c1. The maximum absolute atomic E-state index is 11.8. The second-order valence-electron chi connectivity index (χ2n) is 6.25. The highest BCUT2D eigenvalue weighted by atomic mass is 16.6. The molecule has 1 amide bonds. The van der Waals surface area contributed by atoms with Gasteiger partial charge in [0, 0.05) is 11.7 Å². The van der Waals surface area contributed by atoms with Crippen LogP contribution in [0.3, 0.4) is 0 Å². The molecule has 1 aromatic rings. The molecular weight excluding hydrogens is 252 g/mol. The van der Waals surface area contributed by atoms with Crippen molar-refractivity contribution in [2.24, 2.45) is 0 Å². The second kappa shape index (κ2) is 6.27. The molecule has 0 aliphatic carbocycles. The average molecular weight is 276 g/mol. The molecule has 0 radical (unpaired) electrons. The summed E-state index contributed by atoms with van der Waals surface area (Å²) in [6, 6.07) is 8.37. The van der Waals surface area contributed by atoms with E-state index >= 15 is 0 Å². The van der Waals surface area contributed by atoms with Crippen molar-refractivity contribution in [1.29, 1.82) is 0 Å². The Balaban J connectivity index is 2.00. The van der Waals surface area contributed by atoms with Gasteiger partial charge < -0.3 is 10.1 Å². The summed E-state index contributed by atoms with van der Waals surface area (Å²) < 4.78 is 5.26. The summed E-state index contributed by atoms with van der Waals surface area (Å²) >= 11 is 0. The molecule has 1 fully saturated rings. The number of ether oxygens (including phenoxy) is 1. The predicted molar refractivity (Wildman–Crippen MR) is 80.9 cm³/mol. The van der Waals surface area contributed by atoms with E-state index in [0.717, 1.165) is 18.7 Å². The van der Waals surface area contributed by atoms with E-state index in [0.29, 0.717) is 6.04 Å². The molecule has 1 aliphatic rings. The first kappa shape index (κ1) is 14.9. The zero-order valence-corrected chi connectivity index (χ0v) is 12.5. The van der Waals surface area contributed by atoms with Crippen LogP contribution in [-0.2, 0) is 4.74 Å². The van der Waals surface area contributed by atoms with Gasteiger partial charge in [-0.25, -0.2) is 4.79 Å². The zero-order valence-electron chi connectivity index (χ0n) is 12.5. The molecule has 1 aliphatic heterocycles. The molecule has 2 N–H and O–H groups in total. The summed E-state index contributed by atoms with van der Waals surface area (Å²) in [5.41, 5.74) is 1.52. The van der Waals surface area contributed by atoms with Crippen LogP contribution in [0.25, 0.3) is 0 Å². The van der Waals surface area contributed by atoms with Crippen molar-refractivity contribution in [3.05, 3.63) is 29.8 Å². The van der Waals surface area contributed by atoms with Crippen LogP contribution in [0.15, 0.2) is 24.3 Å². The van der Waals surface area contributed by atoms with Gasteiger partial charge in [-0.2, -0.15) is 0 Å². The fourth-order valence-corrected chi connectivity index (χ4v) is 2.39. The molecule has 0 bridgehead atoms. The fraction of sp³-hybridized carbons (Fsp3) is 0.562. The lowest BCUT2D eigenvalue weighted by molar-refractivity contribution is 0.0636. The van der Waals surface area contributed by atoms with Crippen LogP contribution in [0.4, 0.5) is 10.5 Å². The summed E-state index contributed by atoms with van der Waals surface area (Å²) in [7, 11) is 0. The number of hydrogen-bond donors (Lipinski definition) is 2. The van der Waals surface area contributed by atoms with Crippen LogP contribution in [0.5, 0.6) is 0 Å². The Labute approximate surface area is 120 Å². The fourth-order valence-electron chi connectivity index (χ4n) is 2.39. The third-order valence-electron chi connectivity index (χ3n) is 3.24. The van der Waals surface area contributed by atoms with E-state index in [1.54, 1.807) is 0 Å². The molecule has 1 atom stereocenters. The third-order valence-corrected chi connectivity index (χ3v) is 3.24. The standard InChI is InChI=1S/C16H24N2O2/c1-16(2,3)20-15(19)18-13-8-6-7-12(11-13)14-9-4-5-10-17-14/h6-8,11,14,17H,4-5,9-10H2,1-3H3,(H,18,19)/t14-/m1/s1. The van der Waals surface area contributed by atoms with Crippen molar-refractivity contribution in [2.75, 3.05) is 11.9 Å². The topological polar surface area (TPSA) is 50.4 Å². The number of anilines is 1. The highest BCUT2D eigenvalue weighted by molar-refractivity contribution is 5.84. The Hall–Kier alpha value is -1.55. The average Bonchev–Trinajstić information content (AvgIpc) is 2.38. The molecule has 4 heteroatoms. The number of rotatable bonds is 2. The van der Waals surface area contributed by atoms with E-state index in [1.165, 1.54) is 18.4 Å². The number of amides is 1. The van der Waals surface area contributed by atoms with Crippen molar-refractivity contribution in [1.82, 2.24) is 5.32 Å². The minimum atomic E-state index is -0.480. The van der Waals surface area contributed by atoms with Crippen LogP contribution in [0, 0.1) is 0 Å². The zero-order chi connectivity index (χ0) is 14.6. The van der Waals surface area contributed by atoms with Gasteiger partial charge in [-0.3, -0.25) is 5.32 Å². The summed E-state index contributed by atoms with van der Waals surface area (Å²) in [6.45, 7) is 6.63. The monoisotopic (exact) mass is 276 g/mol. The number of carbonyl (C=O) groups excluding carboxylic acids is 1. The molecule has 1 aromatic carbocycles. The van der Waals surface area contributed by atoms with E-state index in [4.69, 9.17) is 4.74 Å². The first-order chi connectivity index (χ1) is 9.44. The highest BCUT2D eigenvalue weighted by Crippen LogP contribution is 2.25. The molecule has 0 unspecified atom stereocenters. The Bertz CT molecular complexity index is 460. The number of hydrogen-bond acceptors (Lipinski definition) is 3. The van der Waals surface area contributed by atoms with E-state index in [2.05, 4.69) is 16.7 Å². The molecule has 110 valence electrons. The molecule has 1 heterocycles. The molecule has 0 saturated carbocycles. The molecular formula is C16H24N2O2. The first-order valence-corrected chi connectivity index (χ1v) is 7.27. The Kier molecular flexibility index (Phi) is 4.65. The Morgan fingerprint density at radius 2 is 2.15 bits per heavy atom. The molecule has 1 saturated heterocycles. The number of benzene rings is 1.